The van der Waals surface area contributed by atoms with Gasteiger partial charge >= 0.3 is 0 Å². The van der Waals surface area contributed by atoms with Gasteiger partial charge in [0.15, 0.2) is 6.10 Å². The fraction of sp³-hybridized carbons (Fsp3) is 0.167. The highest BCUT2D eigenvalue weighted by molar-refractivity contribution is 7.98. The summed E-state index contributed by atoms with van der Waals surface area (Å²) in [5.74, 6) is 1.12. The van der Waals surface area contributed by atoms with Gasteiger partial charge in [0.25, 0.3) is 5.91 Å². The zero-order valence-corrected chi connectivity index (χ0v) is 15.2. The highest BCUT2D eigenvalue weighted by atomic mass is 32.2. The summed E-state index contributed by atoms with van der Waals surface area (Å²) < 4.78 is 5.60. The van der Waals surface area contributed by atoms with Crippen molar-refractivity contribution in [2.24, 2.45) is 0 Å². The third-order valence-corrected chi connectivity index (χ3v) is 5.27. The van der Waals surface area contributed by atoms with Crippen LogP contribution in [0.2, 0.25) is 0 Å². The van der Waals surface area contributed by atoms with Gasteiger partial charge < -0.3 is 4.74 Å². The van der Waals surface area contributed by atoms with Gasteiger partial charge in [0.05, 0.1) is 5.75 Å². The molecule has 3 aromatic rings. The van der Waals surface area contributed by atoms with Gasteiger partial charge in [0, 0.05) is 4.90 Å². The maximum atomic E-state index is 12.2. The molecule has 1 aromatic heterocycles. The molecule has 0 aliphatic rings. The number of rotatable bonds is 7. The van der Waals surface area contributed by atoms with Crippen molar-refractivity contribution in [3.63, 3.8) is 0 Å². The first-order valence-electron chi connectivity index (χ1n) is 7.73. The maximum absolute atomic E-state index is 12.2. The molecule has 7 heteroatoms. The van der Waals surface area contributed by atoms with Crippen molar-refractivity contribution in [2.75, 3.05) is 5.32 Å². The number of carbonyl (C=O) groups excluding carboxylic acids is 1. The van der Waals surface area contributed by atoms with Gasteiger partial charge in [-0.2, -0.15) is 0 Å². The molecule has 0 fully saturated rings. The summed E-state index contributed by atoms with van der Waals surface area (Å²) in [4.78, 5) is 13.4. The second-order valence-electron chi connectivity index (χ2n) is 5.17. The van der Waals surface area contributed by atoms with Crippen LogP contribution < -0.4 is 10.1 Å². The average Bonchev–Trinajstić information content (AvgIpc) is 3.09. The van der Waals surface area contributed by atoms with Crippen molar-refractivity contribution in [1.82, 2.24) is 10.2 Å². The van der Waals surface area contributed by atoms with Gasteiger partial charge in [0.1, 0.15) is 10.8 Å². The largest absolute Gasteiger partial charge is 0.481 e. The highest BCUT2D eigenvalue weighted by Gasteiger charge is 2.17. The molecule has 0 saturated heterocycles. The van der Waals surface area contributed by atoms with Crippen LogP contribution in [0.25, 0.3) is 0 Å². The van der Waals surface area contributed by atoms with Gasteiger partial charge in [0.2, 0.25) is 5.13 Å². The Bertz CT molecular complexity index is 809. The second-order valence-corrected chi connectivity index (χ2v) is 7.28. The predicted octanol–water partition coefficient (Wildman–Crippen LogP) is 4.24. The topological polar surface area (TPSA) is 64.1 Å². The summed E-state index contributed by atoms with van der Waals surface area (Å²) in [6, 6.07) is 19.3. The number of nitrogens with zero attached hydrogens (tertiary/aromatic N) is 2. The molecule has 0 spiro atoms. The van der Waals surface area contributed by atoms with E-state index >= 15 is 0 Å². The molecule has 5 nitrogen and oxygen atoms in total. The molecule has 1 amide bonds. The minimum Gasteiger partial charge on any atom is -0.481 e. The van der Waals surface area contributed by atoms with E-state index in [0.717, 1.165) is 5.01 Å². The second kappa shape index (κ2) is 8.64. The van der Waals surface area contributed by atoms with Crippen molar-refractivity contribution in [2.45, 2.75) is 23.7 Å². The number of anilines is 1. The Kier molecular flexibility index (Phi) is 6.03. The molecule has 0 bridgehead atoms. The average molecular weight is 371 g/mol. The summed E-state index contributed by atoms with van der Waals surface area (Å²) in [5.41, 5.74) is 0. The summed E-state index contributed by atoms with van der Waals surface area (Å²) in [7, 11) is 0. The van der Waals surface area contributed by atoms with Crippen molar-refractivity contribution in [1.29, 1.82) is 0 Å². The number of ether oxygens (including phenoxy) is 1. The van der Waals surface area contributed by atoms with Crippen LogP contribution in [0.3, 0.4) is 0 Å². The molecule has 3 rings (SSSR count). The standard InChI is InChI=1S/C18H17N3O2S2/c1-13(23-14-8-4-2-5-9-14)17(22)19-18-21-20-16(25-18)12-24-15-10-6-3-7-11-15/h2-11,13H,12H2,1H3,(H,19,21,22)/t13-/m1/s1. The number of benzene rings is 2. The van der Waals surface area contributed by atoms with E-state index in [9.17, 15) is 4.79 Å². The lowest BCUT2D eigenvalue weighted by Gasteiger charge is -2.13. The van der Waals surface area contributed by atoms with Crippen LogP contribution in [0, 0.1) is 0 Å². The zero-order chi connectivity index (χ0) is 17.5. The summed E-state index contributed by atoms with van der Waals surface area (Å²) in [6.07, 6.45) is -0.617. The summed E-state index contributed by atoms with van der Waals surface area (Å²) >= 11 is 3.06. The third-order valence-electron chi connectivity index (χ3n) is 3.23. The lowest BCUT2D eigenvalue weighted by molar-refractivity contribution is -0.122. The predicted molar refractivity (Wildman–Crippen MR) is 101 cm³/mol. The number of para-hydroxylation sites is 1. The molecule has 1 heterocycles. The van der Waals surface area contributed by atoms with Gasteiger partial charge in [-0.3, -0.25) is 10.1 Å². The van der Waals surface area contributed by atoms with Gasteiger partial charge in [-0.05, 0) is 31.2 Å². The Morgan fingerprint density at radius 1 is 1.12 bits per heavy atom. The van der Waals surface area contributed by atoms with Crippen LogP contribution >= 0.6 is 23.1 Å². The smallest absolute Gasteiger partial charge is 0.266 e. The molecule has 128 valence electrons. The molecule has 0 unspecified atom stereocenters. The van der Waals surface area contributed by atoms with Crippen molar-refractivity contribution in [3.8, 4) is 5.75 Å². The Morgan fingerprint density at radius 2 is 1.80 bits per heavy atom. The zero-order valence-electron chi connectivity index (χ0n) is 13.6. The molecule has 1 atom stereocenters. The molecule has 0 aliphatic heterocycles. The quantitative estimate of drug-likeness (QED) is 0.630. The summed E-state index contributed by atoms with van der Waals surface area (Å²) in [5, 5.41) is 12.2. The molecule has 1 N–H and O–H groups in total. The van der Waals surface area contributed by atoms with Crippen molar-refractivity contribution >= 4 is 34.1 Å². The lowest BCUT2D eigenvalue weighted by Crippen LogP contribution is -2.30. The Balaban J connectivity index is 1.51. The van der Waals surface area contributed by atoms with E-state index in [0.29, 0.717) is 16.6 Å². The Hall–Kier alpha value is -2.38. The van der Waals surface area contributed by atoms with E-state index in [1.54, 1.807) is 18.7 Å². The molecular weight excluding hydrogens is 354 g/mol. The SMILES string of the molecule is C[C@@H](Oc1ccccc1)C(=O)Nc1nnc(CSc2ccccc2)s1. The molecule has 25 heavy (non-hydrogen) atoms. The van der Waals surface area contributed by atoms with Crippen LogP contribution in [0.1, 0.15) is 11.9 Å². The fourth-order valence-corrected chi connectivity index (χ4v) is 3.64. The van der Waals surface area contributed by atoms with Crippen LogP contribution in [0.4, 0.5) is 5.13 Å². The number of carbonyl (C=O) groups is 1. The van der Waals surface area contributed by atoms with Gasteiger partial charge in [-0.1, -0.05) is 47.7 Å². The van der Waals surface area contributed by atoms with E-state index in [1.165, 1.54) is 16.2 Å². The van der Waals surface area contributed by atoms with Crippen molar-refractivity contribution < 1.29 is 9.53 Å². The highest BCUT2D eigenvalue weighted by Crippen LogP contribution is 2.25. The van der Waals surface area contributed by atoms with Crippen molar-refractivity contribution in [3.05, 3.63) is 65.7 Å². The first kappa shape index (κ1) is 17.4. The molecule has 0 saturated carbocycles. The lowest BCUT2D eigenvalue weighted by atomic mass is 10.3. The number of aromatic nitrogens is 2. The molecular formula is C18H17N3O2S2. The molecule has 2 aromatic carbocycles. The van der Waals surface area contributed by atoms with Crippen LogP contribution in [-0.4, -0.2) is 22.2 Å². The first-order valence-corrected chi connectivity index (χ1v) is 9.54. The van der Waals surface area contributed by atoms with Crippen LogP contribution in [0.5, 0.6) is 5.75 Å². The van der Waals surface area contributed by atoms with E-state index < -0.39 is 6.10 Å². The molecule has 0 radical (unpaired) electrons. The van der Waals surface area contributed by atoms with Crippen LogP contribution in [0.15, 0.2) is 65.6 Å². The first-order chi connectivity index (χ1) is 12.2. The third kappa shape index (κ3) is 5.30. The Morgan fingerprint density at radius 3 is 2.52 bits per heavy atom. The minimum absolute atomic E-state index is 0.248. The minimum atomic E-state index is -0.617. The number of amides is 1. The number of thioether (sulfide) groups is 1. The molecule has 0 aliphatic carbocycles. The monoisotopic (exact) mass is 371 g/mol. The Labute approximate surface area is 154 Å². The maximum Gasteiger partial charge on any atom is 0.266 e. The fourth-order valence-electron chi connectivity index (χ4n) is 1.99. The van der Waals surface area contributed by atoms with E-state index in [2.05, 4.69) is 27.6 Å². The number of hydrogen-bond donors (Lipinski definition) is 1. The van der Waals surface area contributed by atoms with E-state index in [-0.39, 0.29) is 5.91 Å². The van der Waals surface area contributed by atoms with Gasteiger partial charge in [-0.25, -0.2) is 0 Å². The normalized spacial score (nSPS) is 11.7. The van der Waals surface area contributed by atoms with Crippen LogP contribution in [-0.2, 0) is 10.5 Å². The van der Waals surface area contributed by atoms with E-state index in [1.807, 2.05) is 48.5 Å². The number of nitrogens with one attached hydrogen (secondary N) is 1. The summed E-state index contributed by atoms with van der Waals surface area (Å²) in [6.45, 7) is 1.70. The van der Waals surface area contributed by atoms with Gasteiger partial charge in [-0.15, -0.1) is 22.0 Å². The number of hydrogen-bond acceptors (Lipinski definition) is 6. The van der Waals surface area contributed by atoms with E-state index in [4.69, 9.17) is 4.74 Å².